The van der Waals surface area contributed by atoms with Gasteiger partial charge in [0.05, 0.1) is 42.3 Å². The summed E-state index contributed by atoms with van der Waals surface area (Å²) < 4.78 is 10.1. The number of aromatic amines is 1. The number of nitrogens with one attached hydrogen (secondary N) is 1. The van der Waals surface area contributed by atoms with Crippen molar-refractivity contribution in [2.75, 3.05) is 26.8 Å². The number of esters is 2. The van der Waals surface area contributed by atoms with Crippen LogP contribution in [-0.2, 0) is 20.8 Å². The maximum absolute atomic E-state index is 12.2. The number of hydrogen-bond acceptors (Lipinski definition) is 7. The van der Waals surface area contributed by atoms with Crippen molar-refractivity contribution in [1.82, 2.24) is 9.88 Å². The van der Waals surface area contributed by atoms with Crippen LogP contribution in [-0.4, -0.2) is 59.4 Å². The second-order valence-corrected chi connectivity index (χ2v) is 8.80. The molecule has 0 spiro atoms. The zero-order valence-corrected chi connectivity index (χ0v) is 21.7. The third-order valence-corrected chi connectivity index (χ3v) is 5.91. The van der Waals surface area contributed by atoms with Gasteiger partial charge in [-0.2, -0.15) is 0 Å². The molecule has 0 unspecified atom stereocenters. The Morgan fingerprint density at radius 3 is 2.32 bits per heavy atom. The molecule has 0 aliphatic heterocycles. The van der Waals surface area contributed by atoms with Gasteiger partial charge in [0, 0.05) is 23.0 Å². The lowest BCUT2D eigenvalue weighted by Crippen LogP contribution is -2.26. The smallest absolute Gasteiger partial charge is 0.338 e. The Morgan fingerprint density at radius 1 is 0.921 bits per heavy atom. The predicted molar refractivity (Wildman–Crippen MR) is 147 cm³/mol. The van der Waals surface area contributed by atoms with Gasteiger partial charge in [-0.3, -0.25) is 9.69 Å². The van der Waals surface area contributed by atoms with E-state index in [0.29, 0.717) is 41.2 Å². The summed E-state index contributed by atoms with van der Waals surface area (Å²) in [4.78, 5) is 33.7. The molecule has 0 atom stereocenters. The van der Waals surface area contributed by atoms with E-state index in [1.54, 1.807) is 32.0 Å². The Hall–Kier alpha value is -4.43. The number of nitrogens with zero attached hydrogens (tertiary/aromatic N) is 2. The number of rotatable bonds is 10. The minimum absolute atomic E-state index is 0.0409. The predicted octanol–water partition coefficient (Wildman–Crippen LogP) is 5.21. The number of hydrogen-bond donors (Lipinski definition) is 2. The van der Waals surface area contributed by atoms with E-state index in [9.17, 15) is 14.7 Å². The van der Waals surface area contributed by atoms with Crippen LogP contribution in [0.5, 0.6) is 5.88 Å². The van der Waals surface area contributed by atoms with Gasteiger partial charge >= 0.3 is 11.9 Å². The van der Waals surface area contributed by atoms with Gasteiger partial charge in [0.15, 0.2) is 5.88 Å². The summed E-state index contributed by atoms with van der Waals surface area (Å²) in [6, 6.07) is 22.5. The normalized spacial score (nSPS) is 11.6. The van der Waals surface area contributed by atoms with E-state index in [2.05, 4.69) is 4.98 Å². The van der Waals surface area contributed by atoms with E-state index in [0.717, 1.165) is 16.5 Å². The first-order valence-electron chi connectivity index (χ1n) is 12.5. The van der Waals surface area contributed by atoms with Gasteiger partial charge in [0.25, 0.3) is 0 Å². The minimum atomic E-state index is -0.421. The maximum Gasteiger partial charge on any atom is 0.338 e. The van der Waals surface area contributed by atoms with Gasteiger partial charge in [0.2, 0.25) is 0 Å². The summed E-state index contributed by atoms with van der Waals surface area (Å²) in [5.74, 6) is -0.715. The zero-order valence-electron chi connectivity index (χ0n) is 21.7. The van der Waals surface area contributed by atoms with E-state index < -0.39 is 5.97 Å². The number of benzene rings is 3. The first-order chi connectivity index (χ1) is 18.4. The second-order valence-electron chi connectivity index (χ2n) is 8.80. The van der Waals surface area contributed by atoms with Crippen LogP contribution in [0, 0.1) is 0 Å². The van der Waals surface area contributed by atoms with Crippen LogP contribution in [0.3, 0.4) is 0 Å². The first-order valence-corrected chi connectivity index (χ1v) is 12.5. The maximum atomic E-state index is 12.2. The molecule has 2 N–H and O–H groups in total. The molecule has 0 saturated heterocycles. The van der Waals surface area contributed by atoms with Crippen molar-refractivity contribution in [2.24, 2.45) is 4.99 Å². The van der Waals surface area contributed by atoms with Gasteiger partial charge in [-0.1, -0.05) is 48.5 Å². The number of ether oxygens (including phenoxy) is 2. The molecule has 0 saturated carbocycles. The largest absolute Gasteiger partial charge is 0.494 e. The summed E-state index contributed by atoms with van der Waals surface area (Å²) in [5.41, 5.74) is 4.69. The van der Waals surface area contributed by atoms with Gasteiger partial charge < -0.3 is 19.6 Å². The minimum Gasteiger partial charge on any atom is -0.494 e. The highest BCUT2D eigenvalue weighted by atomic mass is 16.5. The number of likely N-dealkylation sites (N-methyl/N-ethyl adjacent to an activating group) is 1. The van der Waals surface area contributed by atoms with Crippen LogP contribution in [0.4, 0.5) is 5.69 Å². The lowest BCUT2D eigenvalue weighted by atomic mass is 10.00. The lowest BCUT2D eigenvalue weighted by molar-refractivity contribution is -0.144. The van der Waals surface area contributed by atoms with Crippen molar-refractivity contribution >= 4 is 34.2 Å². The average molecular weight is 514 g/mol. The Balaban J connectivity index is 1.68. The number of carbonyl (C=O) groups excluding carboxylic acids is 2. The van der Waals surface area contributed by atoms with Crippen LogP contribution >= 0.6 is 0 Å². The molecular formula is C30H31N3O5. The van der Waals surface area contributed by atoms with Crippen molar-refractivity contribution in [1.29, 1.82) is 0 Å². The molecule has 0 aliphatic carbocycles. The number of aromatic nitrogens is 1. The number of aliphatic imine (C=N–C) groups is 1. The first kappa shape index (κ1) is 26.6. The molecule has 0 bridgehead atoms. The molecule has 4 aromatic rings. The molecule has 0 radical (unpaired) electrons. The van der Waals surface area contributed by atoms with E-state index in [-0.39, 0.29) is 25.0 Å². The average Bonchev–Trinajstić information content (AvgIpc) is 3.23. The highest BCUT2D eigenvalue weighted by molar-refractivity contribution is 6.22. The van der Waals surface area contributed by atoms with Crippen molar-refractivity contribution in [3.05, 3.63) is 95.1 Å². The Kier molecular flexibility index (Phi) is 8.55. The summed E-state index contributed by atoms with van der Waals surface area (Å²) in [6.45, 7) is 4.98. The molecule has 8 heteroatoms. The molecule has 38 heavy (non-hydrogen) atoms. The fraction of sp³-hybridized carbons (Fsp3) is 0.233. The van der Waals surface area contributed by atoms with Crippen molar-refractivity contribution in [2.45, 2.75) is 20.4 Å². The van der Waals surface area contributed by atoms with Crippen LogP contribution in [0.1, 0.15) is 40.9 Å². The van der Waals surface area contributed by atoms with Gasteiger partial charge in [-0.05, 0) is 50.7 Å². The molecule has 3 aromatic carbocycles. The second kappa shape index (κ2) is 12.2. The van der Waals surface area contributed by atoms with Gasteiger partial charge in [-0.25, -0.2) is 9.79 Å². The third kappa shape index (κ3) is 6.27. The molecule has 0 amide bonds. The molecule has 196 valence electrons. The van der Waals surface area contributed by atoms with E-state index in [4.69, 9.17) is 14.5 Å². The fourth-order valence-electron chi connectivity index (χ4n) is 4.22. The monoisotopic (exact) mass is 513 g/mol. The van der Waals surface area contributed by atoms with E-state index in [1.165, 1.54) is 0 Å². The van der Waals surface area contributed by atoms with Crippen LogP contribution in [0.15, 0.2) is 77.8 Å². The molecule has 1 aromatic heterocycles. The highest BCUT2D eigenvalue weighted by Gasteiger charge is 2.20. The number of aromatic hydroxyl groups is 1. The standard InChI is InChI=1S/C30H31N3O5/c1-4-37-26(34)19-33(3)18-20-11-14-23(15-12-20)31-28(21-9-7-6-8-10-21)27-24-16-13-22(30(36)38-5-2)17-25(24)32-29(27)35/h6-17,32,35H,4-5,18-19H2,1-3H3. The van der Waals surface area contributed by atoms with Gasteiger partial charge in [0.1, 0.15) is 0 Å². The van der Waals surface area contributed by atoms with Gasteiger partial charge in [-0.15, -0.1) is 0 Å². The fourth-order valence-corrected chi connectivity index (χ4v) is 4.22. The Labute approximate surface area is 221 Å². The molecule has 8 nitrogen and oxygen atoms in total. The number of carbonyl (C=O) groups is 2. The molecular weight excluding hydrogens is 482 g/mol. The third-order valence-electron chi connectivity index (χ3n) is 5.91. The van der Waals surface area contributed by atoms with Crippen LogP contribution < -0.4 is 0 Å². The van der Waals surface area contributed by atoms with Crippen molar-refractivity contribution in [3.8, 4) is 5.88 Å². The van der Waals surface area contributed by atoms with Crippen LogP contribution in [0.25, 0.3) is 10.9 Å². The molecule has 0 aliphatic rings. The van der Waals surface area contributed by atoms with Crippen molar-refractivity contribution in [3.63, 3.8) is 0 Å². The Bertz CT molecular complexity index is 1440. The van der Waals surface area contributed by atoms with E-state index in [1.807, 2.05) is 66.5 Å². The lowest BCUT2D eigenvalue weighted by Gasteiger charge is -2.15. The quantitative estimate of drug-likeness (QED) is 0.223. The van der Waals surface area contributed by atoms with E-state index >= 15 is 0 Å². The summed E-state index contributed by atoms with van der Waals surface area (Å²) >= 11 is 0. The Morgan fingerprint density at radius 2 is 1.63 bits per heavy atom. The highest BCUT2D eigenvalue weighted by Crippen LogP contribution is 2.32. The number of H-pyrrole nitrogens is 1. The summed E-state index contributed by atoms with van der Waals surface area (Å²) in [6.07, 6.45) is 0. The molecule has 0 fully saturated rings. The summed E-state index contributed by atoms with van der Waals surface area (Å²) in [5, 5.41) is 11.7. The number of fused-ring (bicyclic) bond motifs is 1. The molecule has 1 heterocycles. The topological polar surface area (TPSA) is 104 Å². The zero-order chi connectivity index (χ0) is 27.1. The van der Waals surface area contributed by atoms with Crippen LogP contribution in [0.2, 0.25) is 0 Å². The molecule has 4 rings (SSSR count). The summed E-state index contributed by atoms with van der Waals surface area (Å²) in [7, 11) is 1.86. The SMILES string of the molecule is CCOC(=O)CN(C)Cc1ccc(N=C(c2ccccc2)c2c(O)[nH]c3cc(C(=O)OCC)ccc23)cc1. The van der Waals surface area contributed by atoms with Crippen molar-refractivity contribution < 1.29 is 24.2 Å².